The van der Waals surface area contributed by atoms with Crippen LogP contribution in [0.25, 0.3) is 22.8 Å². The van der Waals surface area contributed by atoms with Gasteiger partial charge < -0.3 is 18.9 Å². The van der Waals surface area contributed by atoms with Crippen molar-refractivity contribution in [2.75, 3.05) is 21.0 Å². The van der Waals surface area contributed by atoms with E-state index >= 15 is 0 Å². The predicted molar refractivity (Wildman–Crippen MR) is 139 cm³/mol. The lowest BCUT2D eigenvalue weighted by atomic mass is 9.86. The molecule has 4 rings (SSSR count). The topological polar surface area (TPSA) is 36.9 Å². The van der Waals surface area contributed by atoms with Gasteiger partial charge in [-0.1, -0.05) is 57.7 Å². The minimum absolute atomic E-state index is 0.0867. The fourth-order valence-electron chi connectivity index (χ4n) is 4.14. The van der Waals surface area contributed by atoms with Gasteiger partial charge in [-0.2, -0.15) is 0 Å². The van der Waals surface area contributed by atoms with Gasteiger partial charge in [-0.15, -0.1) is 0 Å². The van der Waals surface area contributed by atoms with Crippen LogP contribution in [0.1, 0.15) is 43.0 Å². The average Bonchev–Trinajstić information content (AvgIpc) is 3.28. The standard InChI is InChI=1S/C30H32O4/c1-8-20(14-22-16-27-26(13-19(22)2)33-18-34-27)23-15-25(29(32-7)28(17-23)31-6)21-9-11-24(12-10-21)30(3,4)5/h8-17H,1,18H2,2-7H3/b20-14+. The molecule has 4 nitrogen and oxygen atoms in total. The van der Waals surface area contributed by atoms with Crippen LogP contribution in [-0.2, 0) is 5.41 Å². The van der Waals surface area contributed by atoms with E-state index in [1.54, 1.807) is 14.2 Å². The Kier molecular flexibility index (Phi) is 6.43. The third-order valence-corrected chi connectivity index (χ3v) is 6.17. The van der Waals surface area contributed by atoms with Crippen molar-refractivity contribution >= 4 is 11.6 Å². The molecule has 1 aliphatic rings. The summed E-state index contributed by atoms with van der Waals surface area (Å²) in [4.78, 5) is 0. The highest BCUT2D eigenvalue weighted by molar-refractivity contribution is 5.91. The lowest BCUT2D eigenvalue weighted by Gasteiger charge is -2.20. The second kappa shape index (κ2) is 9.30. The lowest BCUT2D eigenvalue weighted by Crippen LogP contribution is -2.10. The van der Waals surface area contributed by atoms with E-state index < -0.39 is 0 Å². The first-order valence-corrected chi connectivity index (χ1v) is 11.4. The Balaban J connectivity index is 1.83. The van der Waals surface area contributed by atoms with Gasteiger partial charge in [0.05, 0.1) is 14.2 Å². The van der Waals surface area contributed by atoms with Gasteiger partial charge in [0.15, 0.2) is 23.0 Å². The molecule has 0 spiro atoms. The molecule has 0 fully saturated rings. The smallest absolute Gasteiger partial charge is 0.231 e. The first-order chi connectivity index (χ1) is 16.2. The van der Waals surface area contributed by atoms with Crippen LogP contribution in [0.15, 0.2) is 61.2 Å². The molecule has 0 saturated carbocycles. The zero-order chi connectivity index (χ0) is 24.5. The Morgan fingerprint density at radius 3 is 2.21 bits per heavy atom. The maximum atomic E-state index is 5.77. The summed E-state index contributed by atoms with van der Waals surface area (Å²) in [6, 6.07) is 16.8. The molecule has 0 unspecified atom stereocenters. The van der Waals surface area contributed by atoms with E-state index in [1.165, 1.54) is 5.56 Å². The van der Waals surface area contributed by atoms with Gasteiger partial charge in [-0.25, -0.2) is 0 Å². The monoisotopic (exact) mass is 456 g/mol. The Labute approximate surface area is 202 Å². The molecule has 1 aliphatic heterocycles. The van der Waals surface area contributed by atoms with E-state index in [0.29, 0.717) is 11.5 Å². The number of fused-ring (bicyclic) bond motifs is 1. The number of hydrogen-bond donors (Lipinski definition) is 0. The number of ether oxygens (including phenoxy) is 4. The van der Waals surface area contributed by atoms with Crippen LogP contribution in [0.4, 0.5) is 0 Å². The van der Waals surface area contributed by atoms with E-state index in [1.807, 2.05) is 24.3 Å². The first-order valence-electron chi connectivity index (χ1n) is 11.4. The number of benzene rings is 3. The summed E-state index contributed by atoms with van der Waals surface area (Å²) in [7, 11) is 3.33. The third kappa shape index (κ3) is 4.54. The number of methoxy groups -OCH3 is 2. The maximum Gasteiger partial charge on any atom is 0.231 e. The molecule has 0 atom stereocenters. The Morgan fingerprint density at radius 2 is 1.62 bits per heavy atom. The highest BCUT2D eigenvalue weighted by atomic mass is 16.7. The first kappa shape index (κ1) is 23.5. The Bertz CT molecular complexity index is 1240. The quantitative estimate of drug-likeness (QED) is 0.285. The van der Waals surface area contributed by atoms with E-state index in [-0.39, 0.29) is 12.2 Å². The highest BCUT2D eigenvalue weighted by Crippen LogP contribution is 2.42. The summed E-state index contributed by atoms with van der Waals surface area (Å²) in [6.45, 7) is 13.0. The zero-order valence-corrected chi connectivity index (χ0v) is 20.8. The maximum absolute atomic E-state index is 5.77. The normalized spacial score (nSPS) is 13.1. The summed E-state index contributed by atoms with van der Waals surface area (Å²) in [5.74, 6) is 2.91. The molecule has 1 heterocycles. The van der Waals surface area contributed by atoms with Gasteiger partial charge in [0.25, 0.3) is 0 Å². The van der Waals surface area contributed by atoms with Gasteiger partial charge in [0, 0.05) is 5.56 Å². The minimum atomic E-state index is 0.0867. The van der Waals surface area contributed by atoms with Gasteiger partial charge in [0.1, 0.15) is 0 Å². The summed E-state index contributed by atoms with van der Waals surface area (Å²) < 4.78 is 22.6. The molecule has 0 radical (unpaired) electrons. The number of hydrogen-bond acceptors (Lipinski definition) is 4. The van der Waals surface area contributed by atoms with Crippen molar-refractivity contribution in [3.8, 4) is 34.1 Å². The average molecular weight is 457 g/mol. The van der Waals surface area contributed by atoms with Crippen LogP contribution in [0.3, 0.4) is 0 Å². The molecular weight excluding hydrogens is 424 g/mol. The molecule has 0 aliphatic carbocycles. The van der Waals surface area contributed by atoms with E-state index in [2.05, 4.69) is 70.7 Å². The van der Waals surface area contributed by atoms with Crippen LogP contribution in [-0.4, -0.2) is 21.0 Å². The number of aryl methyl sites for hydroxylation is 1. The summed E-state index contributed by atoms with van der Waals surface area (Å²) in [5.41, 5.74) is 7.49. The highest BCUT2D eigenvalue weighted by Gasteiger charge is 2.19. The molecule has 0 aromatic heterocycles. The van der Waals surface area contributed by atoms with Crippen LogP contribution < -0.4 is 18.9 Å². The van der Waals surface area contributed by atoms with E-state index in [0.717, 1.165) is 44.9 Å². The second-order valence-corrected chi connectivity index (χ2v) is 9.45. The van der Waals surface area contributed by atoms with Gasteiger partial charge in [0.2, 0.25) is 6.79 Å². The molecule has 3 aromatic carbocycles. The summed E-state index contributed by atoms with van der Waals surface area (Å²) in [6.07, 6.45) is 3.97. The van der Waals surface area contributed by atoms with Crippen molar-refractivity contribution in [3.63, 3.8) is 0 Å². The fourth-order valence-corrected chi connectivity index (χ4v) is 4.14. The molecule has 34 heavy (non-hydrogen) atoms. The second-order valence-electron chi connectivity index (χ2n) is 9.45. The Morgan fingerprint density at radius 1 is 0.941 bits per heavy atom. The predicted octanol–water partition coefficient (Wildman–Crippen LogP) is 7.43. The SMILES string of the molecule is C=C/C(=C\c1cc2c(cc1C)OCO2)c1cc(OC)c(OC)c(-c2ccc(C(C)(C)C)cc2)c1. The number of allylic oxidation sites excluding steroid dienone is 2. The van der Waals surface area contributed by atoms with Crippen LogP contribution in [0, 0.1) is 6.92 Å². The molecule has 3 aromatic rings. The molecule has 176 valence electrons. The summed E-state index contributed by atoms with van der Waals surface area (Å²) >= 11 is 0. The van der Waals surface area contributed by atoms with Crippen LogP contribution in [0.5, 0.6) is 23.0 Å². The van der Waals surface area contributed by atoms with Gasteiger partial charge >= 0.3 is 0 Å². The van der Waals surface area contributed by atoms with E-state index in [4.69, 9.17) is 18.9 Å². The van der Waals surface area contributed by atoms with Crippen LogP contribution in [0.2, 0.25) is 0 Å². The lowest BCUT2D eigenvalue weighted by molar-refractivity contribution is 0.174. The number of rotatable bonds is 6. The Hall–Kier alpha value is -3.66. The molecular formula is C30H32O4. The molecule has 0 N–H and O–H groups in total. The van der Waals surface area contributed by atoms with Crippen molar-refractivity contribution in [1.29, 1.82) is 0 Å². The molecule has 0 amide bonds. The van der Waals surface area contributed by atoms with Crippen molar-refractivity contribution < 1.29 is 18.9 Å². The van der Waals surface area contributed by atoms with Crippen molar-refractivity contribution in [2.45, 2.75) is 33.1 Å². The van der Waals surface area contributed by atoms with Gasteiger partial charge in [-0.05, 0) is 76.1 Å². The summed E-state index contributed by atoms with van der Waals surface area (Å²) in [5, 5.41) is 0. The van der Waals surface area contributed by atoms with Gasteiger partial charge in [-0.3, -0.25) is 0 Å². The fraction of sp³-hybridized carbons (Fsp3) is 0.267. The largest absolute Gasteiger partial charge is 0.493 e. The van der Waals surface area contributed by atoms with Crippen LogP contribution >= 0.6 is 0 Å². The molecule has 4 heteroatoms. The van der Waals surface area contributed by atoms with Crippen molar-refractivity contribution in [2.24, 2.45) is 0 Å². The van der Waals surface area contributed by atoms with E-state index in [9.17, 15) is 0 Å². The molecule has 0 bridgehead atoms. The molecule has 0 saturated heterocycles. The third-order valence-electron chi connectivity index (χ3n) is 6.17. The minimum Gasteiger partial charge on any atom is -0.493 e. The van der Waals surface area contributed by atoms with Crippen molar-refractivity contribution in [1.82, 2.24) is 0 Å². The van der Waals surface area contributed by atoms with Crippen molar-refractivity contribution in [3.05, 3.63) is 83.4 Å². The zero-order valence-electron chi connectivity index (χ0n) is 20.8.